The number of hydrogen-bond donors (Lipinski definition) is 0. The van der Waals surface area contributed by atoms with E-state index in [0.29, 0.717) is 23.9 Å². The van der Waals surface area contributed by atoms with Crippen LogP contribution in [0.4, 0.5) is 5.69 Å². The van der Waals surface area contributed by atoms with E-state index in [2.05, 4.69) is 58.0 Å². The zero-order valence-corrected chi connectivity index (χ0v) is 26.8. The Bertz CT molecular complexity index is 1860. The quantitative estimate of drug-likeness (QED) is 0.117. The largest absolute Gasteiger partial charge is 0.493 e. The normalized spacial score (nSPS) is 14.0. The van der Waals surface area contributed by atoms with Crippen molar-refractivity contribution >= 4 is 35.1 Å². The summed E-state index contributed by atoms with van der Waals surface area (Å²) in [6.07, 6.45) is 3.93. The number of benzene rings is 4. The predicted molar refractivity (Wildman–Crippen MR) is 185 cm³/mol. The summed E-state index contributed by atoms with van der Waals surface area (Å²) >= 11 is 1.67. The molecule has 0 saturated carbocycles. The number of rotatable bonds is 10. The fraction of sp³-hybridized carbons (Fsp3) is 0.184. The van der Waals surface area contributed by atoms with Crippen LogP contribution in [0.2, 0.25) is 0 Å². The fourth-order valence-electron chi connectivity index (χ4n) is 5.04. The first kappa shape index (κ1) is 30.2. The molecule has 7 heteroatoms. The van der Waals surface area contributed by atoms with E-state index in [9.17, 15) is 4.79 Å². The van der Waals surface area contributed by atoms with E-state index in [1.54, 1.807) is 11.8 Å². The SMILES string of the molecule is Cc1ccc(SCC2=NN(c3ccccc3)C(=O)/C2=C\c2cn(-c3ccccc3)nc2-c2ccc(OCC(C)C)c(C)c2)cc1. The molecule has 6 rings (SSSR count). The molecule has 2 heterocycles. The van der Waals surface area contributed by atoms with E-state index < -0.39 is 0 Å². The van der Waals surface area contributed by atoms with Crippen LogP contribution in [0.15, 0.2) is 125 Å². The van der Waals surface area contributed by atoms with E-state index in [0.717, 1.165) is 50.1 Å². The first-order valence-electron chi connectivity index (χ1n) is 15.1. The number of anilines is 1. The third kappa shape index (κ3) is 6.94. The van der Waals surface area contributed by atoms with E-state index >= 15 is 0 Å². The highest BCUT2D eigenvalue weighted by molar-refractivity contribution is 8.00. The maximum atomic E-state index is 14.0. The molecular weight excluding hydrogens is 577 g/mol. The number of aryl methyl sites for hydroxylation is 2. The van der Waals surface area contributed by atoms with Crippen LogP contribution in [-0.4, -0.2) is 33.8 Å². The summed E-state index contributed by atoms with van der Waals surface area (Å²) in [6, 6.07) is 34.1. The first-order valence-corrected chi connectivity index (χ1v) is 16.1. The van der Waals surface area contributed by atoms with Gasteiger partial charge in [0.25, 0.3) is 5.91 Å². The number of nitrogens with zero attached hydrogens (tertiary/aromatic N) is 4. The van der Waals surface area contributed by atoms with Crippen LogP contribution in [-0.2, 0) is 4.79 Å². The Hall–Kier alpha value is -4.88. The number of amides is 1. The van der Waals surface area contributed by atoms with Gasteiger partial charge in [-0.2, -0.15) is 15.2 Å². The molecule has 0 radical (unpaired) electrons. The maximum absolute atomic E-state index is 14.0. The molecule has 0 N–H and O–H groups in total. The van der Waals surface area contributed by atoms with Crippen molar-refractivity contribution in [1.29, 1.82) is 0 Å². The number of ether oxygens (including phenoxy) is 1. The predicted octanol–water partition coefficient (Wildman–Crippen LogP) is 8.77. The van der Waals surface area contributed by atoms with Crippen LogP contribution >= 0.6 is 11.8 Å². The highest BCUT2D eigenvalue weighted by atomic mass is 32.2. The van der Waals surface area contributed by atoms with Gasteiger partial charge in [-0.1, -0.05) is 67.9 Å². The van der Waals surface area contributed by atoms with Crippen molar-refractivity contribution < 1.29 is 9.53 Å². The third-order valence-corrected chi connectivity index (χ3v) is 8.46. The highest BCUT2D eigenvalue weighted by Gasteiger charge is 2.31. The molecule has 226 valence electrons. The molecule has 5 aromatic rings. The lowest BCUT2D eigenvalue weighted by Gasteiger charge is -2.12. The second-order valence-corrected chi connectivity index (χ2v) is 12.6. The number of hydrazone groups is 1. The number of carbonyl (C=O) groups is 1. The summed E-state index contributed by atoms with van der Waals surface area (Å²) < 4.78 is 7.92. The monoisotopic (exact) mass is 612 g/mol. The molecule has 45 heavy (non-hydrogen) atoms. The summed E-state index contributed by atoms with van der Waals surface area (Å²) in [5.41, 5.74) is 7.75. The lowest BCUT2D eigenvalue weighted by Crippen LogP contribution is -2.21. The van der Waals surface area contributed by atoms with Crippen LogP contribution in [0.25, 0.3) is 23.0 Å². The molecule has 4 aromatic carbocycles. The Morgan fingerprint density at radius 1 is 0.867 bits per heavy atom. The van der Waals surface area contributed by atoms with Crippen molar-refractivity contribution in [3.8, 4) is 22.7 Å². The molecule has 6 nitrogen and oxygen atoms in total. The lowest BCUT2D eigenvalue weighted by atomic mass is 10.0. The fourth-order valence-corrected chi connectivity index (χ4v) is 5.89. The van der Waals surface area contributed by atoms with Gasteiger partial charge in [-0.15, -0.1) is 11.8 Å². The van der Waals surface area contributed by atoms with Gasteiger partial charge < -0.3 is 4.74 Å². The molecular formula is C38H36N4O2S. The smallest absolute Gasteiger partial charge is 0.280 e. The van der Waals surface area contributed by atoms with Crippen LogP contribution in [0.3, 0.4) is 0 Å². The van der Waals surface area contributed by atoms with Crippen molar-refractivity contribution in [1.82, 2.24) is 9.78 Å². The van der Waals surface area contributed by atoms with E-state index in [1.165, 1.54) is 10.6 Å². The topological polar surface area (TPSA) is 59.7 Å². The summed E-state index contributed by atoms with van der Waals surface area (Å²) in [5.74, 6) is 1.69. The molecule has 1 aromatic heterocycles. The minimum Gasteiger partial charge on any atom is -0.493 e. The molecule has 0 saturated heterocycles. The summed E-state index contributed by atoms with van der Waals surface area (Å²) in [7, 11) is 0. The van der Waals surface area contributed by atoms with E-state index in [-0.39, 0.29) is 5.91 Å². The third-order valence-electron chi connectivity index (χ3n) is 7.44. The molecule has 1 aliphatic rings. The number of para-hydroxylation sites is 2. The minimum absolute atomic E-state index is 0.160. The number of thioether (sulfide) groups is 1. The molecule has 0 bridgehead atoms. The molecule has 0 unspecified atom stereocenters. The lowest BCUT2D eigenvalue weighted by molar-refractivity contribution is -0.114. The Kier molecular flexibility index (Phi) is 8.98. The number of aromatic nitrogens is 2. The standard InChI is InChI=1S/C38H36N4O2S/c1-26(2)24-44-36-20-17-29(21-28(36)4)37-30(23-41(40-37)31-11-7-5-8-12-31)22-34-35(25-45-33-18-15-27(3)16-19-33)39-42(38(34)43)32-13-9-6-10-14-32/h5-23,26H,24-25H2,1-4H3/b34-22-. The van der Waals surface area contributed by atoms with Gasteiger partial charge in [0.1, 0.15) is 5.75 Å². The molecule has 1 amide bonds. The van der Waals surface area contributed by atoms with Crippen LogP contribution in [0, 0.1) is 19.8 Å². The number of carbonyl (C=O) groups excluding carboxylic acids is 1. The van der Waals surface area contributed by atoms with Crippen LogP contribution in [0.5, 0.6) is 5.75 Å². The van der Waals surface area contributed by atoms with Crippen molar-refractivity contribution in [2.45, 2.75) is 32.6 Å². The molecule has 1 aliphatic heterocycles. The second-order valence-electron chi connectivity index (χ2n) is 11.6. The van der Waals surface area contributed by atoms with Gasteiger partial charge in [0, 0.05) is 28.0 Å². The zero-order chi connectivity index (χ0) is 31.3. The van der Waals surface area contributed by atoms with E-state index in [4.69, 9.17) is 14.9 Å². The summed E-state index contributed by atoms with van der Waals surface area (Å²) in [4.78, 5) is 15.1. The molecule has 0 fully saturated rings. The maximum Gasteiger partial charge on any atom is 0.280 e. The number of hydrogen-bond acceptors (Lipinski definition) is 5. The van der Waals surface area contributed by atoms with Crippen molar-refractivity contribution in [2.24, 2.45) is 11.0 Å². The molecule has 0 atom stereocenters. The average molecular weight is 613 g/mol. The van der Waals surface area contributed by atoms with Gasteiger partial charge >= 0.3 is 0 Å². The van der Waals surface area contributed by atoms with Gasteiger partial charge in [0.2, 0.25) is 0 Å². The molecule has 0 spiro atoms. The summed E-state index contributed by atoms with van der Waals surface area (Å²) in [6.45, 7) is 9.06. The van der Waals surface area contributed by atoms with Crippen molar-refractivity contribution in [3.05, 3.63) is 132 Å². The second kappa shape index (κ2) is 13.4. The van der Waals surface area contributed by atoms with Gasteiger partial charge in [-0.25, -0.2) is 4.68 Å². The van der Waals surface area contributed by atoms with Crippen LogP contribution in [0.1, 0.15) is 30.5 Å². The van der Waals surface area contributed by atoms with Crippen molar-refractivity contribution in [3.63, 3.8) is 0 Å². The van der Waals surface area contributed by atoms with Gasteiger partial charge in [0.05, 0.1) is 35.0 Å². The summed E-state index contributed by atoms with van der Waals surface area (Å²) in [5, 5.41) is 11.4. The van der Waals surface area contributed by atoms with E-state index in [1.807, 2.05) is 89.8 Å². The Morgan fingerprint density at radius 2 is 1.56 bits per heavy atom. The molecule has 0 aliphatic carbocycles. The zero-order valence-electron chi connectivity index (χ0n) is 26.0. The highest BCUT2D eigenvalue weighted by Crippen LogP contribution is 2.33. The van der Waals surface area contributed by atoms with Crippen molar-refractivity contribution in [2.75, 3.05) is 17.4 Å². The Labute approximate surface area is 269 Å². The first-order chi connectivity index (χ1) is 21.9. The Balaban J connectivity index is 1.42. The van der Waals surface area contributed by atoms with Gasteiger partial charge in [-0.05, 0) is 86.0 Å². The average Bonchev–Trinajstić information content (AvgIpc) is 3.62. The minimum atomic E-state index is -0.160. The van der Waals surface area contributed by atoms with Gasteiger partial charge in [0.15, 0.2) is 0 Å². The van der Waals surface area contributed by atoms with Gasteiger partial charge in [-0.3, -0.25) is 4.79 Å². The van der Waals surface area contributed by atoms with Crippen LogP contribution < -0.4 is 9.75 Å². The Morgan fingerprint density at radius 3 is 2.22 bits per heavy atom.